The number of amides is 2. The minimum absolute atomic E-state index is 0.0159. The van der Waals surface area contributed by atoms with Crippen molar-refractivity contribution in [3.8, 4) is 0 Å². The minimum atomic E-state index is -0.904. The maximum Gasteiger partial charge on any atom is 0.303 e. The van der Waals surface area contributed by atoms with Crippen LogP contribution in [0.1, 0.15) is 46.5 Å². The Balaban J connectivity index is 2.63. The summed E-state index contributed by atoms with van der Waals surface area (Å²) in [6, 6.07) is 0. The summed E-state index contributed by atoms with van der Waals surface area (Å²) in [5, 5.41) is 8.55. The predicted molar refractivity (Wildman–Crippen MR) is 65.8 cm³/mol. The fraction of sp³-hybridized carbons (Fsp3) is 0.769. The van der Waals surface area contributed by atoms with Crippen molar-refractivity contribution in [2.45, 2.75) is 46.5 Å². The molecule has 18 heavy (non-hydrogen) atoms. The van der Waals surface area contributed by atoms with E-state index in [9.17, 15) is 14.4 Å². The van der Waals surface area contributed by atoms with Crippen molar-refractivity contribution in [3.05, 3.63) is 0 Å². The van der Waals surface area contributed by atoms with E-state index in [1.54, 1.807) is 0 Å². The van der Waals surface area contributed by atoms with Crippen LogP contribution in [0.5, 0.6) is 0 Å². The first kappa shape index (κ1) is 14.7. The van der Waals surface area contributed by atoms with Gasteiger partial charge in [-0.3, -0.25) is 19.3 Å². The predicted octanol–water partition coefficient (Wildman–Crippen LogP) is 1.66. The van der Waals surface area contributed by atoms with E-state index >= 15 is 0 Å². The molecular formula is C13H21NO4. The third kappa shape index (κ3) is 3.31. The van der Waals surface area contributed by atoms with Gasteiger partial charge in [-0.25, -0.2) is 0 Å². The standard InChI is InChI=1S/C13H21NO4/c1-9(2)7-13(3)8-10(15)14(12(13)18)6-4-5-11(16)17/h9H,4-8H2,1-3H3,(H,16,17)/t13-/m1/s1. The van der Waals surface area contributed by atoms with Gasteiger partial charge < -0.3 is 5.11 Å². The van der Waals surface area contributed by atoms with Gasteiger partial charge in [0.1, 0.15) is 0 Å². The molecule has 1 fully saturated rings. The van der Waals surface area contributed by atoms with Gasteiger partial charge in [0.15, 0.2) is 0 Å². The number of carbonyl (C=O) groups excluding carboxylic acids is 2. The Morgan fingerprint density at radius 2 is 2.06 bits per heavy atom. The smallest absolute Gasteiger partial charge is 0.303 e. The van der Waals surface area contributed by atoms with Gasteiger partial charge in [-0.05, 0) is 18.8 Å². The molecule has 5 nitrogen and oxygen atoms in total. The van der Waals surface area contributed by atoms with Crippen LogP contribution in [0.2, 0.25) is 0 Å². The van der Waals surface area contributed by atoms with Crippen molar-refractivity contribution in [1.82, 2.24) is 4.90 Å². The number of carboxylic acids is 1. The van der Waals surface area contributed by atoms with E-state index in [0.717, 1.165) is 0 Å². The van der Waals surface area contributed by atoms with Crippen molar-refractivity contribution in [1.29, 1.82) is 0 Å². The second-order valence-electron chi connectivity index (χ2n) is 5.68. The molecule has 5 heteroatoms. The zero-order valence-electron chi connectivity index (χ0n) is 11.2. The highest BCUT2D eigenvalue weighted by molar-refractivity contribution is 6.05. The zero-order valence-corrected chi connectivity index (χ0v) is 11.2. The van der Waals surface area contributed by atoms with Crippen molar-refractivity contribution in [3.63, 3.8) is 0 Å². The Morgan fingerprint density at radius 3 is 2.56 bits per heavy atom. The van der Waals surface area contributed by atoms with E-state index in [4.69, 9.17) is 5.11 Å². The van der Waals surface area contributed by atoms with Gasteiger partial charge in [-0.1, -0.05) is 20.8 Å². The fourth-order valence-electron chi connectivity index (χ4n) is 2.62. The van der Waals surface area contributed by atoms with E-state index in [-0.39, 0.29) is 31.2 Å². The quantitative estimate of drug-likeness (QED) is 0.732. The number of aliphatic carboxylic acids is 1. The van der Waals surface area contributed by atoms with E-state index in [1.807, 2.05) is 20.8 Å². The Bertz CT molecular complexity index is 364. The molecule has 0 aliphatic carbocycles. The lowest BCUT2D eigenvalue weighted by molar-refractivity contribution is -0.143. The highest BCUT2D eigenvalue weighted by Crippen LogP contribution is 2.38. The van der Waals surface area contributed by atoms with Gasteiger partial charge in [-0.15, -0.1) is 0 Å². The van der Waals surface area contributed by atoms with Crippen LogP contribution in [-0.2, 0) is 14.4 Å². The van der Waals surface area contributed by atoms with Gasteiger partial charge >= 0.3 is 5.97 Å². The molecule has 1 heterocycles. The largest absolute Gasteiger partial charge is 0.481 e. The molecule has 1 aliphatic rings. The molecule has 1 saturated heterocycles. The summed E-state index contributed by atoms with van der Waals surface area (Å²) in [6.07, 6.45) is 1.24. The van der Waals surface area contributed by atoms with Crippen LogP contribution in [0.4, 0.5) is 0 Å². The lowest BCUT2D eigenvalue weighted by Gasteiger charge is -2.23. The number of imide groups is 1. The van der Waals surface area contributed by atoms with Crippen LogP contribution in [0.25, 0.3) is 0 Å². The van der Waals surface area contributed by atoms with Crippen molar-refractivity contribution in [2.75, 3.05) is 6.54 Å². The summed E-state index contributed by atoms with van der Waals surface area (Å²) in [6.45, 7) is 6.09. The van der Waals surface area contributed by atoms with Crippen LogP contribution in [0, 0.1) is 11.3 Å². The van der Waals surface area contributed by atoms with Gasteiger partial charge in [0.25, 0.3) is 0 Å². The van der Waals surface area contributed by atoms with E-state index in [1.165, 1.54) is 4.90 Å². The second kappa shape index (κ2) is 5.50. The Labute approximate surface area is 107 Å². The third-order valence-electron chi connectivity index (χ3n) is 3.24. The van der Waals surface area contributed by atoms with Gasteiger partial charge in [-0.2, -0.15) is 0 Å². The molecular weight excluding hydrogens is 234 g/mol. The van der Waals surface area contributed by atoms with Crippen LogP contribution >= 0.6 is 0 Å². The number of nitrogens with zero attached hydrogens (tertiary/aromatic N) is 1. The molecule has 1 rings (SSSR count). The summed E-state index contributed by atoms with van der Waals surface area (Å²) in [4.78, 5) is 35.7. The highest BCUT2D eigenvalue weighted by Gasteiger charge is 2.47. The maximum absolute atomic E-state index is 12.2. The molecule has 0 aromatic heterocycles. The minimum Gasteiger partial charge on any atom is -0.481 e. The molecule has 0 bridgehead atoms. The first-order chi connectivity index (χ1) is 8.26. The molecule has 0 saturated carbocycles. The Kier molecular flexibility index (Phi) is 4.48. The number of likely N-dealkylation sites (tertiary alicyclic amines) is 1. The molecule has 1 atom stereocenters. The van der Waals surface area contributed by atoms with E-state index in [0.29, 0.717) is 18.8 Å². The molecule has 0 spiro atoms. The number of hydrogen-bond donors (Lipinski definition) is 1. The van der Waals surface area contributed by atoms with Crippen molar-refractivity contribution in [2.24, 2.45) is 11.3 Å². The van der Waals surface area contributed by atoms with Crippen LogP contribution in [-0.4, -0.2) is 34.3 Å². The van der Waals surface area contributed by atoms with Crippen molar-refractivity contribution < 1.29 is 19.5 Å². The van der Waals surface area contributed by atoms with Gasteiger partial charge in [0.2, 0.25) is 11.8 Å². The molecule has 0 radical (unpaired) electrons. The van der Waals surface area contributed by atoms with E-state index in [2.05, 4.69) is 0 Å². The van der Waals surface area contributed by atoms with Crippen LogP contribution < -0.4 is 0 Å². The number of hydrogen-bond acceptors (Lipinski definition) is 3. The SMILES string of the molecule is CC(C)C[C@]1(C)CC(=O)N(CCCC(=O)O)C1=O. The highest BCUT2D eigenvalue weighted by atomic mass is 16.4. The van der Waals surface area contributed by atoms with Crippen molar-refractivity contribution >= 4 is 17.8 Å². The first-order valence-corrected chi connectivity index (χ1v) is 6.33. The van der Waals surface area contributed by atoms with Gasteiger partial charge in [0, 0.05) is 19.4 Å². The van der Waals surface area contributed by atoms with Crippen LogP contribution in [0.3, 0.4) is 0 Å². The molecule has 2 amide bonds. The molecule has 102 valence electrons. The number of rotatable bonds is 6. The zero-order chi connectivity index (χ0) is 13.9. The summed E-state index contributed by atoms with van der Waals surface area (Å²) in [5.74, 6) is -0.870. The third-order valence-corrected chi connectivity index (χ3v) is 3.24. The lowest BCUT2D eigenvalue weighted by atomic mass is 9.80. The molecule has 0 aromatic rings. The number of carboxylic acid groups (broad SMARTS) is 1. The molecule has 0 unspecified atom stereocenters. The summed E-state index contributed by atoms with van der Waals surface area (Å²) in [5.41, 5.74) is -0.603. The second-order valence-corrected chi connectivity index (χ2v) is 5.68. The average molecular weight is 255 g/mol. The Morgan fingerprint density at radius 1 is 1.44 bits per heavy atom. The molecule has 1 N–H and O–H groups in total. The monoisotopic (exact) mass is 255 g/mol. The average Bonchev–Trinajstić information content (AvgIpc) is 2.39. The fourth-order valence-corrected chi connectivity index (χ4v) is 2.62. The molecule has 0 aromatic carbocycles. The molecule has 1 aliphatic heterocycles. The summed E-state index contributed by atoms with van der Waals surface area (Å²) in [7, 11) is 0. The van der Waals surface area contributed by atoms with Crippen LogP contribution in [0.15, 0.2) is 0 Å². The maximum atomic E-state index is 12.2. The first-order valence-electron chi connectivity index (χ1n) is 6.33. The topological polar surface area (TPSA) is 74.7 Å². The summed E-state index contributed by atoms with van der Waals surface area (Å²) >= 11 is 0. The van der Waals surface area contributed by atoms with Gasteiger partial charge in [0.05, 0.1) is 5.41 Å². The normalized spacial score (nSPS) is 24.1. The summed E-state index contributed by atoms with van der Waals surface area (Å²) < 4.78 is 0. The lowest BCUT2D eigenvalue weighted by Crippen LogP contribution is -2.35. The van der Waals surface area contributed by atoms with E-state index < -0.39 is 11.4 Å². The Hall–Kier alpha value is -1.39. The number of carbonyl (C=O) groups is 3.